The molecule has 1 aromatic heterocycles. The van der Waals surface area contributed by atoms with Crippen molar-refractivity contribution in [2.45, 2.75) is 44.7 Å². The summed E-state index contributed by atoms with van der Waals surface area (Å²) in [5.41, 5.74) is 4.64. The number of benzene rings is 2. The molecule has 1 atom stereocenters. The van der Waals surface area contributed by atoms with Crippen molar-refractivity contribution < 1.29 is 14.7 Å². The molecule has 7 heteroatoms. The number of amides is 2. The fourth-order valence-corrected chi connectivity index (χ4v) is 4.35. The molecule has 178 valence electrons. The molecule has 2 amide bonds. The van der Waals surface area contributed by atoms with Crippen molar-refractivity contribution in [3.8, 4) is 11.1 Å². The Balaban J connectivity index is 0.00000324. The summed E-state index contributed by atoms with van der Waals surface area (Å²) < 4.78 is 0. The standard InChI is InChI=1S/C27H29N3O3.H2S/c1-18-15-20(19-11-13-28-14-12-19)9-10-24(18)27(33)30-25(17-31)21-5-4-6-22(16-21)26(32)29-23-7-2-3-8-23;/h4-6,9-16,23,25,31H,2-3,7-8,17H2,1H3,(H,29,32)(H,30,33);1H2/t25-;/m1./s1. The Morgan fingerprint density at radius 3 is 2.41 bits per heavy atom. The molecule has 0 bridgehead atoms. The lowest BCUT2D eigenvalue weighted by Gasteiger charge is -2.19. The van der Waals surface area contributed by atoms with Gasteiger partial charge in [-0.2, -0.15) is 13.5 Å². The Kier molecular flexibility index (Phi) is 8.85. The average Bonchev–Trinajstić information content (AvgIpc) is 3.36. The number of nitrogens with one attached hydrogen (secondary N) is 2. The van der Waals surface area contributed by atoms with E-state index >= 15 is 0 Å². The minimum absolute atomic E-state index is 0. The van der Waals surface area contributed by atoms with Gasteiger partial charge in [0.2, 0.25) is 0 Å². The highest BCUT2D eigenvalue weighted by Gasteiger charge is 2.20. The van der Waals surface area contributed by atoms with Crippen LogP contribution in [0.4, 0.5) is 0 Å². The lowest BCUT2D eigenvalue weighted by atomic mass is 9.99. The minimum atomic E-state index is -0.615. The molecule has 1 fully saturated rings. The lowest BCUT2D eigenvalue weighted by molar-refractivity contribution is 0.0915. The number of pyridine rings is 1. The lowest BCUT2D eigenvalue weighted by Crippen LogP contribution is -2.33. The monoisotopic (exact) mass is 477 g/mol. The van der Waals surface area contributed by atoms with Gasteiger partial charge in [0, 0.05) is 29.6 Å². The molecule has 1 aliphatic rings. The van der Waals surface area contributed by atoms with Gasteiger partial charge in [0.05, 0.1) is 12.6 Å². The summed E-state index contributed by atoms with van der Waals surface area (Å²) in [5.74, 6) is -0.386. The summed E-state index contributed by atoms with van der Waals surface area (Å²) >= 11 is 0. The largest absolute Gasteiger partial charge is 0.394 e. The molecular formula is C27H31N3O3S. The maximum absolute atomic E-state index is 13.0. The smallest absolute Gasteiger partial charge is 0.252 e. The third-order valence-electron chi connectivity index (χ3n) is 6.21. The molecule has 1 heterocycles. The van der Waals surface area contributed by atoms with E-state index in [1.807, 2.05) is 37.3 Å². The number of nitrogens with zero attached hydrogens (tertiary/aromatic N) is 1. The van der Waals surface area contributed by atoms with Gasteiger partial charge >= 0.3 is 0 Å². The van der Waals surface area contributed by atoms with Crippen LogP contribution >= 0.6 is 13.5 Å². The van der Waals surface area contributed by atoms with E-state index in [2.05, 4.69) is 15.6 Å². The van der Waals surface area contributed by atoms with Crippen molar-refractivity contribution >= 4 is 25.3 Å². The van der Waals surface area contributed by atoms with Crippen LogP contribution in [0.3, 0.4) is 0 Å². The van der Waals surface area contributed by atoms with E-state index in [4.69, 9.17) is 0 Å². The highest BCUT2D eigenvalue weighted by Crippen LogP contribution is 2.23. The Labute approximate surface area is 207 Å². The zero-order chi connectivity index (χ0) is 23.2. The van der Waals surface area contributed by atoms with Gasteiger partial charge in [-0.15, -0.1) is 0 Å². The van der Waals surface area contributed by atoms with Crippen molar-refractivity contribution in [2.24, 2.45) is 0 Å². The van der Waals surface area contributed by atoms with E-state index < -0.39 is 6.04 Å². The van der Waals surface area contributed by atoms with Crippen LogP contribution in [-0.4, -0.2) is 34.6 Å². The number of aliphatic hydroxyl groups excluding tert-OH is 1. The zero-order valence-electron chi connectivity index (χ0n) is 19.3. The van der Waals surface area contributed by atoms with E-state index in [9.17, 15) is 14.7 Å². The van der Waals surface area contributed by atoms with Gasteiger partial charge in [0.25, 0.3) is 11.8 Å². The molecule has 1 aliphatic carbocycles. The Hall–Kier alpha value is -3.16. The first kappa shape index (κ1) is 25.5. The summed E-state index contributed by atoms with van der Waals surface area (Å²) in [6, 6.07) is 16.2. The third kappa shape index (κ3) is 6.04. The quantitative estimate of drug-likeness (QED) is 0.473. The molecule has 1 saturated carbocycles. The van der Waals surface area contributed by atoms with Crippen molar-refractivity contribution in [1.82, 2.24) is 15.6 Å². The van der Waals surface area contributed by atoms with E-state index in [1.54, 1.807) is 36.7 Å². The molecule has 0 radical (unpaired) electrons. The van der Waals surface area contributed by atoms with Crippen molar-refractivity contribution in [3.05, 3.63) is 89.2 Å². The summed E-state index contributed by atoms with van der Waals surface area (Å²) in [5, 5.41) is 16.0. The van der Waals surface area contributed by atoms with E-state index in [1.165, 1.54) is 0 Å². The summed E-state index contributed by atoms with van der Waals surface area (Å²) in [6.45, 7) is 1.62. The fourth-order valence-electron chi connectivity index (χ4n) is 4.35. The van der Waals surface area contributed by atoms with E-state index in [0.29, 0.717) is 16.7 Å². The van der Waals surface area contributed by atoms with Crippen LogP contribution in [0.25, 0.3) is 11.1 Å². The normalized spacial score (nSPS) is 14.2. The van der Waals surface area contributed by atoms with Crippen molar-refractivity contribution in [2.75, 3.05) is 6.61 Å². The molecule has 2 aromatic carbocycles. The van der Waals surface area contributed by atoms with Crippen LogP contribution in [0.5, 0.6) is 0 Å². The molecule has 0 aliphatic heterocycles. The maximum Gasteiger partial charge on any atom is 0.252 e. The number of aryl methyl sites for hydroxylation is 1. The second kappa shape index (κ2) is 11.8. The number of rotatable bonds is 7. The number of carbonyl (C=O) groups excluding carboxylic acids is 2. The second-order valence-corrected chi connectivity index (χ2v) is 8.55. The van der Waals surface area contributed by atoms with Gasteiger partial charge in [-0.25, -0.2) is 0 Å². The number of hydrogen-bond acceptors (Lipinski definition) is 4. The Bertz CT molecular complexity index is 1130. The van der Waals surface area contributed by atoms with E-state index in [0.717, 1.165) is 42.4 Å². The molecule has 0 spiro atoms. The second-order valence-electron chi connectivity index (χ2n) is 8.55. The van der Waals surface area contributed by atoms with E-state index in [-0.39, 0.29) is 38.0 Å². The topological polar surface area (TPSA) is 91.3 Å². The Morgan fingerprint density at radius 2 is 1.74 bits per heavy atom. The summed E-state index contributed by atoms with van der Waals surface area (Å²) in [7, 11) is 0. The summed E-state index contributed by atoms with van der Waals surface area (Å²) in [6.07, 6.45) is 7.79. The first-order valence-corrected chi connectivity index (χ1v) is 11.4. The molecule has 3 aromatic rings. The Morgan fingerprint density at radius 1 is 1.00 bits per heavy atom. The van der Waals surface area contributed by atoms with Gasteiger partial charge in [-0.1, -0.05) is 37.1 Å². The number of hydrogen-bond donors (Lipinski definition) is 3. The van der Waals surface area contributed by atoms with Gasteiger partial charge in [-0.3, -0.25) is 14.6 Å². The van der Waals surface area contributed by atoms with Crippen LogP contribution in [0, 0.1) is 6.92 Å². The molecule has 0 unspecified atom stereocenters. The predicted molar refractivity (Wildman–Crippen MR) is 138 cm³/mol. The zero-order valence-corrected chi connectivity index (χ0v) is 20.3. The molecule has 34 heavy (non-hydrogen) atoms. The van der Waals surface area contributed by atoms with Crippen molar-refractivity contribution in [1.29, 1.82) is 0 Å². The SMILES string of the molecule is Cc1cc(-c2ccncc2)ccc1C(=O)N[C@H](CO)c1cccc(C(=O)NC2CCCC2)c1.S. The van der Waals surface area contributed by atoms with Gasteiger partial charge in [0.1, 0.15) is 0 Å². The molecule has 3 N–H and O–H groups in total. The van der Waals surface area contributed by atoms with Crippen LogP contribution in [0.1, 0.15) is 63.6 Å². The predicted octanol–water partition coefficient (Wildman–Crippen LogP) is 4.31. The number of aromatic nitrogens is 1. The van der Waals surface area contributed by atoms with Crippen LogP contribution < -0.4 is 10.6 Å². The molecule has 6 nitrogen and oxygen atoms in total. The first-order chi connectivity index (χ1) is 16.0. The highest BCUT2D eigenvalue weighted by molar-refractivity contribution is 7.59. The van der Waals surface area contributed by atoms with Gasteiger partial charge in [-0.05, 0) is 72.4 Å². The third-order valence-corrected chi connectivity index (χ3v) is 6.21. The molecule has 4 rings (SSSR count). The fraction of sp³-hybridized carbons (Fsp3) is 0.296. The van der Waals surface area contributed by atoms with Crippen LogP contribution in [0.15, 0.2) is 67.0 Å². The van der Waals surface area contributed by atoms with Gasteiger partial charge in [0.15, 0.2) is 0 Å². The average molecular weight is 478 g/mol. The highest BCUT2D eigenvalue weighted by atomic mass is 32.1. The van der Waals surface area contributed by atoms with Crippen LogP contribution in [0.2, 0.25) is 0 Å². The van der Waals surface area contributed by atoms with Crippen LogP contribution in [-0.2, 0) is 0 Å². The minimum Gasteiger partial charge on any atom is -0.394 e. The number of aliphatic hydroxyl groups is 1. The summed E-state index contributed by atoms with van der Waals surface area (Å²) in [4.78, 5) is 29.7. The van der Waals surface area contributed by atoms with Crippen molar-refractivity contribution in [3.63, 3.8) is 0 Å². The number of carbonyl (C=O) groups is 2. The molecular weight excluding hydrogens is 446 g/mol. The maximum atomic E-state index is 13.0. The molecule has 0 saturated heterocycles. The van der Waals surface area contributed by atoms with Gasteiger partial charge < -0.3 is 15.7 Å². The first-order valence-electron chi connectivity index (χ1n) is 11.4.